The molecule has 4 nitrogen and oxygen atoms in total. The van der Waals surface area contributed by atoms with Crippen molar-refractivity contribution in [2.75, 3.05) is 0 Å². The van der Waals surface area contributed by atoms with Crippen molar-refractivity contribution >= 4 is 0 Å². The summed E-state index contributed by atoms with van der Waals surface area (Å²) >= 11 is 0. The maximum atomic E-state index is 6.33. The summed E-state index contributed by atoms with van der Waals surface area (Å²) in [6.07, 6.45) is 4.81. The SMILES string of the molecule is C=C1O[C@]2(c3ccco3)C[C@H](C)C[C@@]1(c1ccco1)O2. The Hall–Kier alpha value is -1.94. The lowest BCUT2D eigenvalue weighted by Crippen LogP contribution is -2.40. The van der Waals surface area contributed by atoms with Crippen LogP contribution >= 0.6 is 0 Å². The van der Waals surface area contributed by atoms with E-state index in [1.54, 1.807) is 12.5 Å². The fourth-order valence-electron chi connectivity index (χ4n) is 3.39. The molecule has 0 aliphatic carbocycles. The van der Waals surface area contributed by atoms with Crippen molar-refractivity contribution in [2.24, 2.45) is 5.92 Å². The van der Waals surface area contributed by atoms with Gasteiger partial charge in [0.1, 0.15) is 11.5 Å². The van der Waals surface area contributed by atoms with Crippen molar-refractivity contribution in [1.29, 1.82) is 0 Å². The van der Waals surface area contributed by atoms with Crippen LogP contribution in [0.5, 0.6) is 0 Å². The first-order chi connectivity index (χ1) is 9.65. The monoisotopic (exact) mass is 272 g/mol. The highest BCUT2D eigenvalue weighted by Crippen LogP contribution is 2.59. The molecule has 2 aliphatic rings. The van der Waals surface area contributed by atoms with Gasteiger partial charge in [-0.05, 0) is 36.6 Å². The predicted molar refractivity (Wildman–Crippen MR) is 70.5 cm³/mol. The molecule has 3 atom stereocenters. The van der Waals surface area contributed by atoms with Crippen LogP contribution in [0.3, 0.4) is 0 Å². The van der Waals surface area contributed by atoms with Gasteiger partial charge in [0, 0.05) is 6.42 Å². The van der Waals surface area contributed by atoms with Crippen molar-refractivity contribution in [3.63, 3.8) is 0 Å². The lowest BCUT2D eigenvalue weighted by molar-refractivity contribution is -0.247. The van der Waals surface area contributed by atoms with Gasteiger partial charge in [0.15, 0.2) is 11.4 Å². The summed E-state index contributed by atoms with van der Waals surface area (Å²) in [6, 6.07) is 7.48. The Labute approximate surface area is 117 Å². The second-order valence-electron chi connectivity index (χ2n) is 5.68. The summed E-state index contributed by atoms with van der Waals surface area (Å²) in [5.74, 6) is 1.53. The number of furan rings is 2. The summed E-state index contributed by atoms with van der Waals surface area (Å²) in [5, 5.41) is 0. The van der Waals surface area contributed by atoms with Crippen LogP contribution in [0, 0.1) is 5.92 Å². The highest BCUT2D eigenvalue weighted by atomic mass is 16.8. The first-order valence-electron chi connectivity index (χ1n) is 6.81. The van der Waals surface area contributed by atoms with Crippen LogP contribution in [0.4, 0.5) is 0 Å². The van der Waals surface area contributed by atoms with E-state index in [1.165, 1.54) is 0 Å². The van der Waals surface area contributed by atoms with Crippen molar-refractivity contribution in [1.82, 2.24) is 0 Å². The molecule has 2 bridgehead atoms. The Morgan fingerprint density at radius 3 is 2.45 bits per heavy atom. The van der Waals surface area contributed by atoms with Crippen molar-refractivity contribution in [3.05, 3.63) is 60.7 Å². The molecule has 0 amide bonds. The molecular weight excluding hydrogens is 256 g/mol. The lowest BCUT2D eigenvalue weighted by Gasteiger charge is -2.37. The Balaban J connectivity index is 1.85. The molecule has 104 valence electrons. The number of hydrogen-bond acceptors (Lipinski definition) is 4. The third-order valence-corrected chi connectivity index (χ3v) is 4.15. The Kier molecular flexibility index (Phi) is 2.25. The van der Waals surface area contributed by atoms with Crippen LogP contribution in [0.15, 0.2) is 58.0 Å². The molecule has 4 heterocycles. The van der Waals surface area contributed by atoms with Gasteiger partial charge >= 0.3 is 0 Å². The van der Waals surface area contributed by atoms with Gasteiger partial charge in [-0.1, -0.05) is 13.5 Å². The molecule has 20 heavy (non-hydrogen) atoms. The predicted octanol–water partition coefficient (Wildman–Crippen LogP) is 3.91. The number of rotatable bonds is 2. The van der Waals surface area contributed by atoms with Crippen LogP contribution in [0.2, 0.25) is 0 Å². The first-order valence-corrected chi connectivity index (χ1v) is 6.81. The fourth-order valence-corrected chi connectivity index (χ4v) is 3.39. The molecule has 0 N–H and O–H groups in total. The third-order valence-electron chi connectivity index (χ3n) is 4.15. The zero-order valence-electron chi connectivity index (χ0n) is 11.3. The zero-order valence-corrected chi connectivity index (χ0v) is 11.3. The van der Waals surface area contributed by atoms with Gasteiger partial charge < -0.3 is 18.3 Å². The molecule has 2 aromatic heterocycles. The molecule has 0 saturated carbocycles. The normalized spacial score (nSPS) is 36.0. The van der Waals surface area contributed by atoms with E-state index in [2.05, 4.69) is 13.5 Å². The van der Waals surface area contributed by atoms with Gasteiger partial charge in [-0.3, -0.25) is 0 Å². The number of ether oxygens (including phenoxy) is 2. The molecule has 0 spiro atoms. The van der Waals surface area contributed by atoms with E-state index in [0.717, 1.165) is 18.6 Å². The Bertz CT molecular complexity index is 628. The zero-order chi connectivity index (χ0) is 13.8. The Morgan fingerprint density at radius 2 is 1.80 bits per heavy atom. The van der Waals surface area contributed by atoms with E-state index >= 15 is 0 Å². The maximum Gasteiger partial charge on any atom is 0.271 e. The lowest BCUT2D eigenvalue weighted by atomic mass is 9.82. The molecule has 2 saturated heterocycles. The topological polar surface area (TPSA) is 44.7 Å². The maximum absolute atomic E-state index is 6.33. The van der Waals surface area contributed by atoms with Gasteiger partial charge in [-0.25, -0.2) is 0 Å². The minimum atomic E-state index is -0.884. The summed E-state index contributed by atoms with van der Waals surface area (Å²) in [4.78, 5) is 0. The summed E-state index contributed by atoms with van der Waals surface area (Å²) in [6.45, 7) is 6.25. The molecule has 0 radical (unpaired) electrons. The fraction of sp³-hybridized carbons (Fsp3) is 0.375. The summed E-state index contributed by atoms with van der Waals surface area (Å²) in [7, 11) is 0. The minimum Gasteiger partial charge on any atom is -0.466 e. The highest BCUT2D eigenvalue weighted by molar-refractivity contribution is 5.29. The molecule has 2 fully saturated rings. The summed E-state index contributed by atoms with van der Waals surface area (Å²) < 4.78 is 23.5. The standard InChI is InChI=1S/C16H16O4/c1-11-9-15(13-5-3-7-17-13)12(2)19-16(10-11,20-15)14-6-4-8-18-14/h3-8,11H,2,9-10H2,1H3/t11-,15-,16-/m1/s1. The molecule has 2 aliphatic heterocycles. The number of hydrogen-bond donors (Lipinski definition) is 0. The van der Waals surface area contributed by atoms with Crippen LogP contribution in [-0.2, 0) is 20.9 Å². The third kappa shape index (κ3) is 1.40. The van der Waals surface area contributed by atoms with E-state index in [0.29, 0.717) is 17.4 Å². The molecule has 2 aromatic rings. The first kappa shape index (κ1) is 11.9. The summed E-state index contributed by atoms with van der Waals surface area (Å²) in [5.41, 5.74) is -0.714. The van der Waals surface area contributed by atoms with E-state index in [4.69, 9.17) is 18.3 Å². The van der Waals surface area contributed by atoms with E-state index in [1.807, 2.05) is 24.3 Å². The van der Waals surface area contributed by atoms with Crippen LogP contribution < -0.4 is 0 Å². The van der Waals surface area contributed by atoms with E-state index in [9.17, 15) is 0 Å². The van der Waals surface area contributed by atoms with Crippen LogP contribution in [0.25, 0.3) is 0 Å². The quantitative estimate of drug-likeness (QED) is 0.831. The molecule has 0 unspecified atom stereocenters. The largest absolute Gasteiger partial charge is 0.466 e. The molecular formula is C16H16O4. The second kappa shape index (κ2) is 3.79. The van der Waals surface area contributed by atoms with Crippen molar-refractivity contribution < 1.29 is 18.3 Å². The van der Waals surface area contributed by atoms with Crippen molar-refractivity contribution in [3.8, 4) is 0 Å². The minimum absolute atomic E-state index is 0.401. The van der Waals surface area contributed by atoms with Gasteiger partial charge in [0.2, 0.25) is 0 Å². The smallest absolute Gasteiger partial charge is 0.271 e. The van der Waals surface area contributed by atoms with Crippen molar-refractivity contribution in [2.45, 2.75) is 31.2 Å². The molecule has 0 aromatic carbocycles. The highest BCUT2D eigenvalue weighted by Gasteiger charge is 2.63. The average molecular weight is 272 g/mol. The van der Waals surface area contributed by atoms with Gasteiger partial charge in [-0.2, -0.15) is 0 Å². The van der Waals surface area contributed by atoms with Gasteiger partial charge in [0.05, 0.1) is 12.5 Å². The van der Waals surface area contributed by atoms with Gasteiger partial charge in [0.25, 0.3) is 5.79 Å². The second-order valence-corrected chi connectivity index (χ2v) is 5.68. The van der Waals surface area contributed by atoms with Gasteiger partial charge in [-0.15, -0.1) is 0 Å². The average Bonchev–Trinajstić information content (AvgIpc) is 3.12. The van der Waals surface area contributed by atoms with Crippen LogP contribution in [0.1, 0.15) is 31.3 Å². The molecule has 4 rings (SSSR count). The Morgan fingerprint density at radius 1 is 1.10 bits per heavy atom. The molecule has 4 heteroatoms. The van der Waals surface area contributed by atoms with E-state index in [-0.39, 0.29) is 0 Å². The van der Waals surface area contributed by atoms with Crippen LogP contribution in [-0.4, -0.2) is 0 Å². The van der Waals surface area contributed by atoms with E-state index < -0.39 is 11.4 Å². The number of fused-ring (bicyclic) bond motifs is 2.